The summed E-state index contributed by atoms with van der Waals surface area (Å²) in [6, 6.07) is 9.13. The minimum absolute atomic E-state index is 0.116. The highest BCUT2D eigenvalue weighted by atomic mass is 16.1. The second-order valence-electron chi connectivity index (χ2n) is 4.33. The van der Waals surface area contributed by atoms with Crippen LogP contribution in [0.2, 0.25) is 0 Å². The molecule has 0 radical (unpaired) electrons. The number of aromatic amines is 1. The molecule has 2 N–H and O–H groups in total. The number of hydrogen-bond acceptors (Lipinski definition) is 5. The van der Waals surface area contributed by atoms with Crippen molar-refractivity contribution in [3.8, 4) is 0 Å². The van der Waals surface area contributed by atoms with Crippen molar-refractivity contribution in [1.82, 2.24) is 25.3 Å². The SMILES string of the molecule is O=c1[nH]c(CNCc2ccncn2)nc2ccccc12. The number of rotatable bonds is 4. The number of benzene rings is 1. The Hall–Kier alpha value is -2.60. The Labute approximate surface area is 114 Å². The van der Waals surface area contributed by atoms with Crippen LogP contribution in [0.5, 0.6) is 0 Å². The van der Waals surface area contributed by atoms with Gasteiger partial charge in [0.2, 0.25) is 0 Å². The third kappa shape index (κ3) is 2.70. The van der Waals surface area contributed by atoms with E-state index in [0.717, 1.165) is 5.69 Å². The molecule has 2 aromatic heterocycles. The Kier molecular flexibility index (Phi) is 3.47. The van der Waals surface area contributed by atoms with E-state index in [4.69, 9.17) is 0 Å². The van der Waals surface area contributed by atoms with Crippen LogP contribution in [-0.4, -0.2) is 19.9 Å². The van der Waals surface area contributed by atoms with Crippen LogP contribution in [0.25, 0.3) is 10.9 Å². The monoisotopic (exact) mass is 267 g/mol. The van der Waals surface area contributed by atoms with Gasteiger partial charge in [-0.1, -0.05) is 12.1 Å². The van der Waals surface area contributed by atoms with Gasteiger partial charge < -0.3 is 10.3 Å². The summed E-state index contributed by atoms with van der Waals surface area (Å²) in [5.74, 6) is 0.614. The van der Waals surface area contributed by atoms with Crippen LogP contribution in [0.3, 0.4) is 0 Å². The van der Waals surface area contributed by atoms with Crippen molar-refractivity contribution in [2.75, 3.05) is 0 Å². The molecule has 0 saturated carbocycles. The van der Waals surface area contributed by atoms with E-state index >= 15 is 0 Å². The van der Waals surface area contributed by atoms with E-state index in [1.165, 1.54) is 6.33 Å². The number of hydrogen-bond donors (Lipinski definition) is 2. The molecule has 0 aliphatic carbocycles. The molecule has 0 aliphatic rings. The summed E-state index contributed by atoms with van der Waals surface area (Å²) in [4.78, 5) is 27.0. The Bertz CT molecular complexity index is 769. The van der Waals surface area contributed by atoms with Crippen LogP contribution < -0.4 is 10.9 Å². The molecular weight excluding hydrogens is 254 g/mol. The fourth-order valence-corrected chi connectivity index (χ4v) is 1.95. The number of nitrogens with one attached hydrogen (secondary N) is 2. The van der Waals surface area contributed by atoms with Gasteiger partial charge in [0.05, 0.1) is 23.1 Å². The molecule has 100 valence electrons. The summed E-state index contributed by atoms with van der Waals surface area (Å²) in [7, 11) is 0. The van der Waals surface area contributed by atoms with Gasteiger partial charge in [0.15, 0.2) is 0 Å². The molecule has 0 aliphatic heterocycles. The van der Waals surface area contributed by atoms with Gasteiger partial charge in [-0.3, -0.25) is 4.79 Å². The van der Waals surface area contributed by atoms with Gasteiger partial charge in [-0.05, 0) is 18.2 Å². The van der Waals surface area contributed by atoms with Gasteiger partial charge in [0.1, 0.15) is 12.2 Å². The smallest absolute Gasteiger partial charge is 0.258 e. The number of nitrogens with zero attached hydrogens (tertiary/aromatic N) is 3. The van der Waals surface area contributed by atoms with Crippen molar-refractivity contribution in [2.45, 2.75) is 13.1 Å². The average Bonchev–Trinajstić information content (AvgIpc) is 2.48. The van der Waals surface area contributed by atoms with Crippen molar-refractivity contribution in [3.05, 3.63) is 64.7 Å². The highest BCUT2D eigenvalue weighted by Crippen LogP contribution is 2.05. The maximum Gasteiger partial charge on any atom is 0.258 e. The van der Waals surface area contributed by atoms with E-state index < -0.39 is 0 Å². The Morgan fingerprint density at radius 2 is 2.05 bits per heavy atom. The lowest BCUT2D eigenvalue weighted by molar-refractivity contribution is 0.651. The van der Waals surface area contributed by atoms with E-state index in [2.05, 4.69) is 25.3 Å². The topological polar surface area (TPSA) is 83.6 Å². The predicted molar refractivity (Wildman–Crippen MR) is 74.9 cm³/mol. The molecular formula is C14H13N5O. The summed E-state index contributed by atoms with van der Waals surface area (Å²) in [6.07, 6.45) is 3.20. The molecule has 20 heavy (non-hydrogen) atoms. The second-order valence-corrected chi connectivity index (χ2v) is 4.33. The molecule has 6 nitrogen and oxygen atoms in total. The van der Waals surface area contributed by atoms with Gasteiger partial charge >= 0.3 is 0 Å². The molecule has 3 aromatic rings. The fraction of sp³-hybridized carbons (Fsp3) is 0.143. The second kappa shape index (κ2) is 5.58. The van der Waals surface area contributed by atoms with E-state index in [1.54, 1.807) is 12.3 Å². The van der Waals surface area contributed by atoms with E-state index in [9.17, 15) is 4.79 Å². The van der Waals surface area contributed by atoms with E-state index in [-0.39, 0.29) is 5.56 Å². The summed E-state index contributed by atoms with van der Waals surface area (Å²) >= 11 is 0. The lowest BCUT2D eigenvalue weighted by atomic mass is 10.2. The Morgan fingerprint density at radius 3 is 2.90 bits per heavy atom. The van der Waals surface area contributed by atoms with Crippen molar-refractivity contribution in [1.29, 1.82) is 0 Å². The number of fused-ring (bicyclic) bond motifs is 1. The summed E-state index contributed by atoms with van der Waals surface area (Å²) in [5, 5.41) is 3.79. The third-order valence-electron chi connectivity index (χ3n) is 2.90. The largest absolute Gasteiger partial charge is 0.309 e. The van der Waals surface area contributed by atoms with Gasteiger partial charge in [0, 0.05) is 12.7 Å². The standard InChI is InChI=1S/C14H13N5O/c20-14-11-3-1-2-4-12(11)18-13(19-14)8-16-7-10-5-6-15-9-17-10/h1-6,9,16H,7-8H2,(H,18,19,20). The number of para-hydroxylation sites is 1. The zero-order valence-electron chi connectivity index (χ0n) is 10.7. The van der Waals surface area contributed by atoms with Crippen LogP contribution >= 0.6 is 0 Å². The number of aromatic nitrogens is 4. The first-order chi connectivity index (χ1) is 9.83. The molecule has 0 fully saturated rings. The summed E-state index contributed by atoms with van der Waals surface area (Å²) < 4.78 is 0. The minimum atomic E-state index is -0.116. The Balaban J connectivity index is 1.73. The maximum atomic E-state index is 11.9. The van der Waals surface area contributed by atoms with Gasteiger partial charge in [-0.2, -0.15) is 0 Å². The maximum absolute atomic E-state index is 11.9. The lowest BCUT2D eigenvalue weighted by Crippen LogP contribution is -2.19. The van der Waals surface area contributed by atoms with Crippen LogP contribution in [0.1, 0.15) is 11.5 Å². The zero-order chi connectivity index (χ0) is 13.8. The fourth-order valence-electron chi connectivity index (χ4n) is 1.95. The summed E-state index contributed by atoms with van der Waals surface area (Å²) in [6.45, 7) is 1.07. The normalized spacial score (nSPS) is 10.8. The van der Waals surface area contributed by atoms with Gasteiger partial charge in [-0.15, -0.1) is 0 Å². The Morgan fingerprint density at radius 1 is 1.15 bits per heavy atom. The van der Waals surface area contributed by atoms with Crippen LogP contribution in [0.4, 0.5) is 0 Å². The van der Waals surface area contributed by atoms with E-state index in [1.807, 2.05) is 24.3 Å². The van der Waals surface area contributed by atoms with Crippen LogP contribution in [0, 0.1) is 0 Å². The summed E-state index contributed by atoms with van der Waals surface area (Å²) in [5.41, 5.74) is 1.48. The molecule has 6 heteroatoms. The van der Waals surface area contributed by atoms with E-state index in [0.29, 0.717) is 29.8 Å². The average molecular weight is 267 g/mol. The molecule has 0 unspecified atom stereocenters. The molecule has 0 bridgehead atoms. The molecule has 0 spiro atoms. The zero-order valence-corrected chi connectivity index (χ0v) is 10.7. The molecule has 0 saturated heterocycles. The van der Waals surface area contributed by atoms with Crippen molar-refractivity contribution in [3.63, 3.8) is 0 Å². The number of H-pyrrole nitrogens is 1. The van der Waals surface area contributed by atoms with Crippen molar-refractivity contribution < 1.29 is 0 Å². The highest BCUT2D eigenvalue weighted by molar-refractivity contribution is 5.77. The predicted octanol–water partition coefficient (Wildman–Crippen LogP) is 1.00. The van der Waals surface area contributed by atoms with Crippen molar-refractivity contribution >= 4 is 10.9 Å². The van der Waals surface area contributed by atoms with Crippen molar-refractivity contribution in [2.24, 2.45) is 0 Å². The molecule has 0 atom stereocenters. The van der Waals surface area contributed by atoms with Crippen LogP contribution in [0.15, 0.2) is 47.7 Å². The molecule has 3 rings (SSSR count). The lowest BCUT2D eigenvalue weighted by Gasteiger charge is -2.05. The quantitative estimate of drug-likeness (QED) is 0.737. The minimum Gasteiger partial charge on any atom is -0.309 e. The van der Waals surface area contributed by atoms with Gasteiger partial charge in [-0.25, -0.2) is 15.0 Å². The first kappa shape index (κ1) is 12.4. The molecule has 0 amide bonds. The highest BCUT2D eigenvalue weighted by Gasteiger charge is 2.02. The first-order valence-corrected chi connectivity index (χ1v) is 6.26. The van der Waals surface area contributed by atoms with Crippen LogP contribution in [-0.2, 0) is 13.1 Å². The van der Waals surface area contributed by atoms with Gasteiger partial charge in [0.25, 0.3) is 5.56 Å². The molecule has 1 aromatic carbocycles. The first-order valence-electron chi connectivity index (χ1n) is 6.26. The molecule has 2 heterocycles. The third-order valence-corrected chi connectivity index (χ3v) is 2.90.